The molecule has 1 aliphatic heterocycles. The number of sulfonamides is 1. The lowest BCUT2D eigenvalue weighted by Crippen LogP contribution is -2.34. The molecule has 0 saturated carbocycles. The maximum absolute atomic E-state index is 13.4. The van der Waals surface area contributed by atoms with E-state index in [1.165, 1.54) is 28.6 Å². The number of benzene rings is 3. The first-order valence-corrected chi connectivity index (χ1v) is 14.1. The highest BCUT2D eigenvalue weighted by Gasteiger charge is 2.28. The zero-order valence-electron chi connectivity index (χ0n) is 21.4. The molecule has 0 bridgehead atoms. The van der Waals surface area contributed by atoms with E-state index in [4.69, 9.17) is 0 Å². The number of carbonyl (C=O) groups excluding carboxylic acids is 1. The van der Waals surface area contributed by atoms with Gasteiger partial charge in [0.05, 0.1) is 4.90 Å². The van der Waals surface area contributed by atoms with Crippen LogP contribution in [0.15, 0.2) is 83.8 Å². The van der Waals surface area contributed by atoms with E-state index in [-0.39, 0.29) is 23.2 Å². The van der Waals surface area contributed by atoms with Gasteiger partial charge in [-0.3, -0.25) is 4.79 Å². The van der Waals surface area contributed by atoms with E-state index in [2.05, 4.69) is 28.9 Å². The van der Waals surface area contributed by atoms with Crippen LogP contribution in [-0.2, 0) is 21.4 Å². The van der Waals surface area contributed by atoms with E-state index < -0.39 is 10.0 Å². The van der Waals surface area contributed by atoms with E-state index in [9.17, 15) is 17.6 Å². The van der Waals surface area contributed by atoms with Crippen LogP contribution in [0.2, 0.25) is 0 Å². The molecule has 5 rings (SSSR count). The largest absolute Gasteiger partial charge is 0.340 e. The number of hydrogen-bond acceptors (Lipinski definition) is 3. The van der Waals surface area contributed by atoms with E-state index in [1.54, 1.807) is 31.2 Å². The van der Waals surface area contributed by atoms with E-state index in [1.807, 2.05) is 18.2 Å². The number of amides is 1. The minimum Gasteiger partial charge on any atom is -0.340 e. The quantitative estimate of drug-likeness (QED) is 0.320. The van der Waals surface area contributed by atoms with Gasteiger partial charge in [-0.15, -0.1) is 0 Å². The molecule has 196 valence electrons. The second-order valence-electron chi connectivity index (χ2n) is 9.46. The van der Waals surface area contributed by atoms with Gasteiger partial charge in [0, 0.05) is 53.9 Å². The monoisotopic (exact) mass is 531 g/mol. The molecule has 0 aliphatic carbocycles. The molecule has 1 N–H and O–H groups in total. The van der Waals surface area contributed by atoms with Gasteiger partial charge in [0.1, 0.15) is 5.82 Å². The molecule has 0 atom stereocenters. The van der Waals surface area contributed by atoms with Gasteiger partial charge in [-0.2, -0.15) is 4.31 Å². The maximum atomic E-state index is 13.4. The summed E-state index contributed by atoms with van der Waals surface area (Å²) in [5, 5.41) is 3.86. The van der Waals surface area contributed by atoms with Crippen molar-refractivity contribution in [3.8, 4) is 0 Å². The fraction of sp³-hybridized carbons (Fsp3) is 0.233. The molecule has 3 aromatic carbocycles. The molecule has 1 amide bonds. The molecular formula is C30H30FN3O3S. The predicted molar refractivity (Wildman–Crippen MR) is 149 cm³/mol. The van der Waals surface area contributed by atoms with Crippen molar-refractivity contribution >= 4 is 38.1 Å². The third-order valence-electron chi connectivity index (χ3n) is 7.07. The third kappa shape index (κ3) is 5.01. The normalized spacial score (nSPS) is 14.4. The molecule has 0 fully saturated rings. The smallest absolute Gasteiger partial charge is 0.243 e. The first-order valence-electron chi connectivity index (χ1n) is 12.7. The fourth-order valence-corrected chi connectivity index (χ4v) is 6.40. The van der Waals surface area contributed by atoms with E-state index in [0.717, 1.165) is 33.3 Å². The lowest BCUT2D eigenvalue weighted by Gasteiger charge is -2.26. The van der Waals surface area contributed by atoms with Crippen molar-refractivity contribution in [3.05, 3.63) is 102 Å². The Balaban J connectivity index is 1.40. The number of hydrogen-bond donors (Lipinski definition) is 1. The number of nitrogens with one attached hydrogen (secondary N) is 1. The van der Waals surface area contributed by atoms with Gasteiger partial charge in [-0.1, -0.05) is 43.3 Å². The second kappa shape index (κ2) is 10.6. The molecule has 0 saturated heterocycles. The molecular weight excluding hydrogens is 501 g/mol. The highest BCUT2D eigenvalue weighted by Crippen LogP contribution is 2.36. The Morgan fingerprint density at radius 2 is 1.71 bits per heavy atom. The summed E-state index contributed by atoms with van der Waals surface area (Å²) in [6, 6.07) is 21.1. The maximum Gasteiger partial charge on any atom is 0.243 e. The van der Waals surface area contributed by atoms with Crippen LogP contribution < -0.4 is 5.32 Å². The van der Waals surface area contributed by atoms with E-state index in [0.29, 0.717) is 31.6 Å². The fourth-order valence-electron chi connectivity index (χ4n) is 5.02. The van der Waals surface area contributed by atoms with Crippen molar-refractivity contribution < 1.29 is 17.6 Å². The number of aromatic nitrogens is 1. The summed E-state index contributed by atoms with van der Waals surface area (Å²) in [5.41, 5.74) is 6.04. The van der Waals surface area contributed by atoms with Gasteiger partial charge < -0.3 is 9.88 Å². The summed E-state index contributed by atoms with van der Waals surface area (Å²) in [6.45, 7) is 5.12. The molecule has 38 heavy (non-hydrogen) atoms. The average molecular weight is 532 g/mol. The summed E-state index contributed by atoms with van der Waals surface area (Å²) in [4.78, 5) is 11.8. The van der Waals surface area contributed by atoms with Crippen LogP contribution in [0.1, 0.15) is 36.6 Å². The minimum absolute atomic E-state index is 0.122. The Morgan fingerprint density at radius 1 is 1.00 bits per heavy atom. The number of nitrogens with zero attached hydrogens (tertiary/aromatic N) is 2. The Morgan fingerprint density at radius 3 is 2.37 bits per heavy atom. The lowest BCUT2D eigenvalue weighted by atomic mass is 9.97. The zero-order valence-corrected chi connectivity index (χ0v) is 22.3. The molecule has 1 aromatic heterocycles. The topological polar surface area (TPSA) is 71.4 Å². The van der Waals surface area contributed by atoms with Gasteiger partial charge in [0.25, 0.3) is 0 Å². The number of halogens is 1. The Hall–Kier alpha value is -3.75. The van der Waals surface area contributed by atoms with Gasteiger partial charge in [0.15, 0.2) is 0 Å². The molecule has 0 spiro atoms. The van der Waals surface area contributed by atoms with Gasteiger partial charge in [0.2, 0.25) is 15.9 Å². The summed E-state index contributed by atoms with van der Waals surface area (Å²) in [6.07, 6.45) is 2.95. The summed E-state index contributed by atoms with van der Waals surface area (Å²) >= 11 is 0. The average Bonchev–Trinajstić information content (AvgIpc) is 3.21. The zero-order chi connectivity index (χ0) is 26.9. The number of para-hydroxylation sites is 1. The third-order valence-corrected chi connectivity index (χ3v) is 8.95. The SMILES string of the molecule is CCC(=O)Nc1ccc(S(=O)(=O)N2CC=C(c3c(C)n(Cc4ccc(F)cc4)c4ccccc34)CC2)cc1. The Labute approximate surface area is 222 Å². The van der Waals surface area contributed by atoms with Crippen LogP contribution in [0.25, 0.3) is 16.5 Å². The van der Waals surface area contributed by atoms with Crippen LogP contribution in [-0.4, -0.2) is 36.3 Å². The first kappa shape index (κ1) is 25.9. The predicted octanol–water partition coefficient (Wildman–Crippen LogP) is 5.96. The van der Waals surface area contributed by atoms with Gasteiger partial charge in [-0.05, 0) is 66.9 Å². The molecule has 0 radical (unpaired) electrons. The molecule has 0 unspecified atom stereocenters. The van der Waals surface area contributed by atoms with Crippen LogP contribution in [0.5, 0.6) is 0 Å². The van der Waals surface area contributed by atoms with Crippen molar-refractivity contribution in [1.29, 1.82) is 0 Å². The van der Waals surface area contributed by atoms with Crippen molar-refractivity contribution in [2.45, 2.75) is 38.1 Å². The lowest BCUT2D eigenvalue weighted by molar-refractivity contribution is -0.115. The molecule has 6 nitrogen and oxygen atoms in total. The van der Waals surface area contributed by atoms with Crippen LogP contribution in [0.4, 0.5) is 10.1 Å². The summed E-state index contributed by atoms with van der Waals surface area (Å²) in [7, 11) is -3.67. The summed E-state index contributed by atoms with van der Waals surface area (Å²) in [5.74, 6) is -0.377. The van der Waals surface area contributed by atoms with Crippen LogP contribution in [0.3, 0.4) is 0 Å². The van der Waals surface area contributed by atoms with Crippen LogP contribution in [0, 0.1) is 12.7 Å². The number of carbonyl (C=O) groups is 1. The molecule has 8 heteroatoms. The Kier molecular flexibility index (Phi) is 7.19. The minimum atomic E-state index is -3.67. The second-order valence-corrected chi connectivity index (χ2v) is 11.4. The molecule has 1 aliphatic rings. The highest BCUT2D eigenvalue weighted by molar-refractivity contribution is 7.89. The standard InChI is InChI=1S/C30H30FN3O3S/c1-3-29(35)32-25-12-14-26(15-13-25)38(36,37)33-18-16-23(17-19-33)30-21(2)34(28-7-5-4-6-27(28)30)20-22-8-10-24(31)11-9-22/h4-16H,3,17-20H2,1-2H3,(H,32,35). The van der Waals surface area contributed by atoms with Crippen LogP contribution >= 0.6 is 0 Å². The molecule has 4 aromatic rings. The van der Waals surface area contributed by atoms with Crippen molar-refractivity contribution in [2.24, 2.45) is 0 Å². The Bertz CT molecular complexity index is 1620. The number of anilines is 1. The van der Waals surface area contributed by atoms with Crippen molar-refractivity contribution in [3.63, 3.8) is 0 Å². The highest BCUT2D eigenvalue weighted by atomic mass is 32.2. The molecule has 2 heterocycles. The van der Waals surface area contributed by atoms with E-state index >= 15 is 0 Å². The summed E-state index contributed by atoms with van der Waals surface area (Å²) < 4.78 is 43.8. The van der Waals surface area contributed by atoms with Crippen molar-refractivity contribution in [2.75, 3.05) is 18.4 Å². The number of fused-ring (bicyclic) bond motifs is 1. The number of rotatable bonds is 7. The van der Waals surface area contributed by atoms with Gasteiger partial charge in [-0.25, -0.2) is 12.8 Å². The van der Waals surface area contributed by atoms with Crippen molar-refractivity contribution in [1.82, 2.24) is 8.87 Å². The first-order chi connectivity index (χ1) is 18.3. The van der Waals surface area contributed by atoms with Gasteiger partial charge >= 0.3 is 0 Å².